The molecule has 6 nitrogen and oxygen atoms in total. The number of amides is 1. The molecule has 2 aliphatic rings. The number of carbonyl (C=O) groups excluding carboxylic acids is 1. The number of carbonyl (C=O) groups is 1. The van der Waals surface area contributed by atoms with Gasteiger partial charge in [-0.25, -0.2) is 13.1 Å². The van der Waals surface area contributed by atoms with Gasteiger partial charge >= 0.3 is 0 Å². The van der Waals surface area contributed by atoms with E-state index in [-0.39, 0.29) is 24.4 Å². The van der Waals surface area contributed by atoms with E-state index in [0.29, 0.717) is 18.9 Å². The third-order valence-electron chi connectivity index (χ3n) is 4.46. The van der Waals surface area contributed by atoms with Crippen molar-refractivity contribution in [3.05, 3.63) is 0 Å². The Morgan fingerprint density at radius 1 is 1.32 bits per heavy atom. The first-order valence-electron chi connectivity index (χ1n) is 7.90. The van der Waals surface area contributed by atoms with E-state index in [2.05, 4.69) is 10.0 Å². The third kappa shape index (κ3) is 6.40. The zero-order valence-electron chi connectivity index (χ0n) is 13.2. The maximum Gasteiger partial charge on any atom is 0.222 e. The van der Waals surface area contributed by atoms with Crippen LogP contribution in [0.1, 0.15) is 38.5 Å². The Kier molecular flexibility index (Phi) is 8.10. The Morgan fingerprint density at radius 3 is 2.73 bits per heavy atom. The summed E-state index contributed by atoms with van der Waals surface area (Å²) in [5.74, 6) is 0.799. The molecule has 0 radical (unpaired) electrons. The highest BCUT2D eigenvalue weighted by atomic mass is 35.5. The van der Waals surface area contributed by atoms with Crippen LogP contribution in [0.5, 0.6) is 0 Å². The van der Waals surface area contributed by atoms with Crippen LogP contribution in [0.4, 0.5) is 0 Å². The number of nitrogens with zero attached hydrogens (tertiary/aromatic N) is 1. The van der Waals surface area contributed by atoms with Crippen molar-refractivity contribution in [3.8, 4) is 0 Å². The SMILES string of the molecule is CS(=O)(=O)NCC1CCCCN1C(=O)CCC1CCNC1.Cl. The van der Waals surface area contributed by atoms with Crippen LogP contribution in [0, 0.1) is 5.92 Å². The molecule has 0 aliphatic carbocycles. The van der Waals surface area contributed by atoms with Crippen molar-refractivity contribution in [3.63, 3.8) is 0 Å². The van der Waals surface area contributed by atoms with Gasteiger partial charge in [0, 0.05) is 25.6 Å². The van der Waals surface area contributed by atoms with Crippen LogP contribution in [0.15, 0.2) is 0 Å². The summed E-state index contributed by atoms with van der Waals surface area (Å²) in [6.45, 7) is 3.18. The number of sulfonamides is 1. The fourth-order valence-corrected chi connectivity index (χ4v) is 3.72. The second-order valence-electron chi connectivity index (χ2n) is 6.25. The van der Waals surface area contributed by atoms with Gasteiger partial charge in [0.1, 0.15) is 0 Å². The number of likely N-dealkylation sites (tertiary alicyclic amines) is 1. The zero-order chi connectivity index (χ0) is 15.3. The van der Waals surface area contributed by atoms with Gasteiger partial charge in [-0.2, -0.15) is 0 Å². The summed E-state index contributed by atoms with van der Waals surface area (Å²) in [4.78, 5) is 14.3. The predicted octanol–water partition coefficient (Wildman–Crippen LogP) is 0.728. The molecule has 22 heavy (non-hydrogen) atoms. The highest BCUT2D eigenvalue weighted by Crippen LogP contribution is 2.20. The largest absolute Gasteiger partial charge is 0.338 e. The van der Waals surface area contributed by atoms with Crippen LogP contribution < -0.4 is 10.0 Å². The second-order valence-corrected chi connectivity index (χ2v) is 8.09. The molecule has 0 aromatic rings. The molecule has 8 heteroatoms. The van der Waals surface area contributed by atoms with Gasteiger partial charge in [0.05, 0.1) is 6.26 Å². The normalized spacial score (nSPS) is 25.8. The summed E-state index contributed by atoms with van der Waals surface area (Å²) >= 11 is 0. The average molecular weight is 354 g/mol. The Morgan fingerprint density at radius 2 is 2.09 bits per heavy atom. The highest BCUT2D eigenvalue weighted by molar-refractivity contribution is 7.88. The third-order valence-corrected chi connectivity index (χ3v) is 5.15. The van der Waals surface area contributed by atoms with Crippen LogP contribution in [-0.2, 0) is 14.8 Å². The van der Waals surface area contributed by atoms with E-state index >= 15 is 0 Å². The molecule has 2 unspecified atom stereocenters. The van der Waals surface area contributed by atoms with Crippen molar-refractivity contribution >= 4 is 28.3 Å². The molecule has 2 atom stereocenters. The molecule has 0 saturated carbocycles. The molecule has 2 heterocycles. The number of hydrogen-bond acceptors (Lipinski definition) is 4. The smallest absolute Gasteiger partial charge is 0.222 e. The Hall–Kier alpha value is -0.370. The predicted molar refractivity (Wildman–Crippen MR) is 89.7 cm³/mol. The first kappa shape index (κ1) is 19.7. The monoisotopic (exact) mass is 353 g/mol. The molecule has 2 saturated heterocycles. The molecular weight excluding hydrogens is 326 g/mol. The molecule has 2 N–H and O–H groups in total. The van der Waals surface area contributed by atoms with Gasteiger partial charge in [-0.1, -0.05) is 0 Å². The standard InChI is InChI=1S/C14H27N3O3S.ClH/c1-21(19,20)16-11-13-4-2-3-9-17(13)14(18)6-5-12-7-8-15-10-12;/h12-13,15-16H,2-11H2,1H3;1H. The van der Waals surface area contributed by atoms with Gasteiger partial charge in [-0.15, -0.1) is 12.4 Å². The molecule has 0 spiro atoms. The molecule has 130 valence electrons. The second kappa shape index (κ2) is 9.05. The quantitative estimate of drug-likeness (QED) is 0.737. The number of halogens is 1. The van der Waals surface area contributed by atoms with Gasteiger partial charge in [-0.05, 0) is 51.1 Å². The first-order chi connectivity index (χ1) is 9.96. The van der Waals surface area contributed by atoms with Crippen molar-refractivity contribution in [2.45, 2.75) is 44.6 Å². The van der Waals surface area contributed by atoms with E-state index in [1.54, 1.807) is 0 Å². The molecule has 2 aliphatic heterocycles. The lowest BCUT2D eigenvalue weighted by atomic mass is 9.99. The number of nitrogens with one attached hydrogen (secondary N) is 2. The van der Waals surface area contributed by atoms with E-state index < -0.39 is 10.0 Å². The fraction of sp³-hybridized carbons (Fsp3) is 0.929. The fourth-order valence-electron chi connectivity index (χ4n) is 3.22. The first-order valence-corrected chi connectivity index (χ1v) is 9.79. The van der Waals surface area contributed by atoms with E-state index in [0.717, 1.165) is 58.0 Å². The Bertz CT molecular complexity index is 452. The summed E-state index contributed by atoms with van der Waals surface area (Å²) in [6, 6.07) is 0.0164. The summed E-state index contributed by atoms with van der Waals surface area (Å²) in [6.07, 6.45) is 6.81. The van der Waals surface area contributed by atoms with E-state index in [9.17, 15) is 13.2 Å². The lowest BCUT2D eigenvalue weighted by Crippen LogP contribution is -2.49. The van der Waals surface area contributed by atoms with Crippen molar-refractivity contribution in [1.82, 2.24) is 14.9 Å². The van der Waals surface area contributed by atoms with Crippen LogP contribution >= 0.6 is 12.4 Å². The molecule has 2 rings (SSSR count). The Balaban J connectivity index is 0.00000242. The summed E-state index contributed by atoms with van der Waals surface area (Å²) in [7, 11) is -3.19. The molecule has 2 fully saturated rings. The van der Waals surface area contributed by atoms with Crippen molar-refractivity contribution in [2.75, 3.05) is 32.4 Å². The summed E-state index contributed by atoms with van der Waals surface area (Å²) < 4.78 is 25.0. The minimum atomic E-state index is -3.19. The Labute approximate surface area is 139 Å². The number of rotatable bonds is 6. The van der Waals surface area contributed by atoms with Gasteiger partial charge in [0.25, 0.3) is 0 Å². The lowest BCUT2D eigenvalue weighted by molar-refractivity contribution is -0.135. The van der Waals surface area contributed by atoms with E-state index in [1.165, 1.54) is 0 Å². The number of piperidine rings is 1. The average Bonchev–Trinajstić information content (AvgIpc) is 2.95. The topological polar surface area (TPSA) is 78.5 Å². The number of hydrogen-bond donors (Lipinski definition) is 2. The lowest BCUT2D eigenvalue weighted by Gasteiger charge is -2.36. The minimum absolute atomic E-state index is 0. The summed E-state index contributed by atoms with van der Waals surface area (Å²) in [5, 5.41) is 3.32. The van der Waals surface area contributed by atoms with Gasteiger partial charge in [-0.3, -0.25) is 4.79 Å². The van der Waals surface area contributed by atoms with Crippen LogP contribution in [0.25, 0.3) is 0 Å². The van der Waals surface area contributed by atoms with E-state index in [1.807, 2.05) is 4.90 Å². The maximum absolute atomic E-state index is 12.4. The molecule has 1 amide bonds. The van der Waals surface area contributed by atoms with Crippen molar-refractivity contribution in [2.24, 2.45) is 5.92 Å². The van der Waals surface area contributed by atoms with Gasteiger partial charge in [0.15, 0.2) is 0 Å². The minimum Gasteiger partial charge on any atom is -0.338 e. The zero-order valence-corrected chi connectivity index (χ0v) is 14.8. The van der Waals surface area contributed by atoms with Crippen molar-refractivity contribution < 1.29 is 13.2 Å². The molecular formula is C14H28ClN3O3S. The molecule has 0 aromatic carbocycles. The van der Waals surface area contributed by atoms with Crippen LogP contribution in [-0.4, -0.2) is 57.7 Å². The van der Waals surface area contributed by atoms with E-state index in [4.69, 9.17) is 0 Å². The van der Waals surface area contributed by atoms with Gasteiger partial charge in [0.2, 0.25) is 15.9 Å². The summed E-state index contributed by atoms with van der Waals surface area (Å²) in [5.41, 5.74) is 0. The van der Waals surface area contributed by atoms with Crippen molar-refractivity contribution in [1.29, 1.82) is 0 Å². The van der Waals surface area contributed by atoms with Crippen LogP contribution in [0.2, 0.25) is 0 Å². The highest BCUT2D eigenvalue weighted by Gasteiger charge is 2.27. The van der Waals surface area contributed by atoms with Gasteiger partial charge < -0.3 is 10.2 Å². The molecule has 0 bridgehead atoms. The molecule has 0 aromatic heterocycles. The van der Waals surface area contributed by atoms with Crippen LogP contribution in [0.3, 0.4) is 0 Å². The maximum atomic E-state index is 12.4.